The molecule has 9 atom stereocenters. The third-order valence-corrected chi connectivity index (χ3v) is 15.5. The fourth-order valence-corrected chi connectivity index (χ4v) is 13.1. The van der Waals surface area contributed by atoms with E-state index in [0.717, 1.165) is 49.8 Å². The van der Waals surface area contributed by atoms with Gasteiger partial charge in [-0.2, -0.15) is 0 Å². The lowest BCUT2D eigenvalue weighted by atomic mass is 9.70. The van der Waals surface area contributed by atoms with E-state index >= 15 is 0 Å². The van der Waals surface area contributed by atoms with Crippen LogP contribution in [0.1, 0.15) is 74.7 Å². The predicted octanol–water partition coefficient (Wildman–Crippen LogP) is 5.80. The van der Waals surface area contributed by atoms with Crippen LogP contribution in [0.4, 0.5) is 0 Å². The molecule has 7 rings (SSSR count). The Morgan fingerprint density at radius 3 is 2.74 bits per heavy atom. The van der Waals surface area contributed by atoms with Crippen LogP contribution in [0, 0.1) is 11.8 Å². The number of nitrogens with zero attached hydrogens (tertiary/aromatic N) is 2. The molecule has 13 nitrogen and oxygen atoms in total. The molecule has 57 heavy (non-hydrogen) atoms. The Hall–Kier alpha value is -4.05. The topological polar surface area (TPSA) is 190 Å². The highest BCUT2D eigenvalue weighted by molar-refractivity contribution is 8.77. The van der Waals surface area contributed by atoms with Crippen LogP contribution in [0.25, 0.3) is 0 Å². The van der Waals surface area contributed by atoms with E-state index in [1.165, 1.54) is 13.0 Å². The van der Waals surface area contributed by atoms with E-state index < -0.39 is 17.7 Å². The monoisotopic (exact) mass is 821 g/mol. The summed E-state index contributed by atoms with van der Waals surface area (Å²) in [4.78, 5) is 21.1. The molecule has 2 aliphatic carbocycles. The van der Waals surface area contributed by atoms with Crippen LogP contribution in [0.5, 0.6) is 28.7 Å². The normalized spacial score (nSPS) is 30.2. The number of aliphatic imine (C=N–C) groups is 1. The number of benzene rings is 2. The van der Waals surface area contributed by atoms with Gasteiger partial charge >= 0.3 is 5.97 Å². The maximum atomic E-state index is 12.6. The second-order valence-electron chi connectivity index (χ2n) is 15.7. The van der Waals surface area contributed by atoms with E-state index in [4.69, 9.17) is 24.7 Å². The van der Waals surface area contributed by atoms with Crippen LogP contribution in [0.3, 0.4) is 0 Å². The SMILES string of the molecule is CN=C(N)N[C@@]12CCC[C@H](C1)Oc1cc(ccc1O)C[C@H]1[C@@H]3O[C@H](c4cc(O)c(O)c(OCCc5cccnc5)c4)C[C@H](OC(C)=O)[C@@H]3CC[C@H]1SS[C@@H]2CNC. The molecule has 7 N–H and O–H groups in total. The van der Waals surface area contributed by atoms with Gasteiger partial charge in [0.05, 0.1) is 29.6 Å². The molecule has 2 saturated carbocycles. The van der Waals surface area contributed by atoms with Crippen molar-refractivity contribution >= 4 is 33.5 Å². The number of aromatic nitrogens is 1. The van der Waals surface area contributed by atoms with Crippen molar-refractivity contribution in [3.05, 3.63) is 71.5 Å². The molecule has 0 unspecified atom stereocenters. The first-order chi connectivity index (χ1) is 27.6. The van der Waals surface area contributed by atoms with Crippen LogP contribution in [-0.4, -0.2) is 93.8 Å². The van der Waals surface area contributed by atoms with Crippen LogP contribution in [0.2, 0.25) is 0 Å². The number of fused-ring (bicyclic) bond motifs is 7. The second-order valence-corrected chi connectivity index (χ2v) is 18.4. The summed E-state index contributed by atoms with van der Waals surface area (Å²) in [6.07, 6.45) is 8.63. The molecule has 1 aromatic heterocycles. The molecule has 4 aliphatic rings. The zero-order chi connectivity index (χ0) is 40.1. The minimum absolute atomic E-state index is 0.0260. The summed E-state index contributed by atoms with van der Waals surface area (Å²) >= 11 is 0. The standard InChI is InChI=1S/C42H55N5O8S2/c1-24(48)53-34-20-33(27-18-32(50)39(51)36(19-27)52-15-12-25-6-5-14-46-22-25)55-40-29(34)9-11-37-30(40)16-26-8-10-31(49)35(17-26)54-28-7-4-13-42(21-28,47-41(43)45-3)38(23-44-2)57-56-37/h5-6,8,10,14,17-19,22,28-30,33-34,37-38,40,44,49-51H,4,7,9,11-13,15-16,20-21,23H2,1-3H3,(H3,43,45,47)/t28-,29+,30-,33+,34+,37-,38-,40-,42+/m1/s1. The highest BCUT2D eigenvalue weighted by Crippen LogP contribution is 2.54. The summed E-state index contributed by atoms with van der Waals surface area (Å²) in [7, 11) is 7.40. The summed E-state index contributed by atoms with van der Waals surface area (Å²) in [6, 6.07) is 12.7. The number of guanidine groups is 1. The lowest BCUT2D eigenvalue weighted by molar-refractivity contribution is -0.191. The number of aromatic hydroxyl groups is 3. The number of phenolic OH excluding ortho intramolecular Hbond substituents is 3. The highest BCUT2D eigenvalue weighted by atomic mass is 33.1. The number of hydrogen-bond acceptors (Lipinski definition) is 13. The molecule has 1 saturated heterocycles. The molecule has 2 aliphatic heterocycles. The van der Waals surface area contributed by atoms with Crippen molar-refractivity contribution in [2.75, 3.05) is 27.2 Å². The Morgan fingerprint density at radius 1 is 1.11 bits per heavy atom. The summed E-state index contributed by atoms with van der Waals surface area (Å²) in [5.74, 6) is -0.0361. The van der Waals surface area contributed by atoms with Gasteiger partial charge in [-0.05, 0) is 92.6 Å². The molecular weight excluding hydrogens is 767 g/mol. The summed E-state index contributed by atoms with van der Waals surface area (Å²) in [5, 5.41) is 40.1. The van der Waals surface area contributed by atoms with Gasteiger partial charge in [-0.1, -0.05) is 33.7 Å². The van der Waals surface area contributed by atoms with Crippen molar-refractivity contribution in [3.8, 4) is 28.7 Å². The summed E-state index contributed by atoms with van der Waals surface area (Å²) in [5.41, 5.74) is 8.59. The number of carbonyl (C=O) groups is 1. The third-order valence-electron chi connectivity index (χ3n) is 11.9. The average molecular weight is 822 g/mol. The van der Waals surface area contributed by atoms with E-state index in [2.05, 4.69) is 20.6 Å². The van der Waals surface area contributed by atoms with Crippen LogP contribution < -0.4 is 25.8 Å². The first-order valence-electron chi connectivity index (χ1n) is 19.9. The number of phenols is 3. The molecule has 308 valence electrons. The first kappa shape index (κ1) is 41.1. The fourth-order valence-electron chi connectivity index (χ4n) is 9.19. The number of nitrogens with one attached hydrogen (secondary N) is 2. The second kappa shape index (κ2) is 18.3. The van der Waals surface area contributed by atoms with Gasteiger partial charge in [0, 0.05) is 69.3 Å². The van der Waals surface area contributed by atoms with Gasteiger partial charge in [0.15, 0.2) is 29.0 Å². The van der Waals surface area contributed by atoms with Crippen molar-refractivity contribution in [2.45, 2.75) is 105 Å². The van der Waals surface area contributed by atoms with E-state index in [1.54, 1.807) is 31.6 Å². The number of esters is 1. The molecule has 3 aromatic rings. The van der Waals surface area contributed by atoms with Crippen molar-refractivity contribution in [1.29, 1.82) is 0 Å². The predicted molar refractivity (Wildman–Crippen MR) is 222 cm³/mol. The molecular formula is C42H55N5O8S2. The largest absolute Gasteiger partial charge is 0.504 e. The van der Waals surface area contributed by atoms with Gasteiger partial charge in [0.25, 0.3) is 0 Å². The van der Waals surface area contributed by atoms with Gasteiger partial charge in [-0.3, -0.25) is 14.8 Å². The van der Waals surface area contributed by atoms with Gasteiger partial charge in [0.2, 0.25) is 5.75 Å². The Balaban J connectivity index is 1.23. The van der Waals surface area contributed by atoms with Crippen molar-refractivity contribution in [2.24, 2.45) is 22.6 Å². The van der Waals surface area contributed by atoms with E-state index in [0.29, 0.717) is 43.0 Å². The zero-order valence-electron chi connectivity index (χ0n) is 32.8. The number of pyridine rings is 1. The van der Waals surface area contributed by atoms with E-state index in [9.17, 15) is 20.1 Å². The minimum atomic E-state index is -0.567. The molecule has 0 amide bonds. The molecule has 0 radical (unpaired) electrons. The summed E-state index contributed by atoms with van der Waals surface area (Å²) < 4.78 is 25.9. The molecule has 4 bridgehead atoms. The lowest BCUT2D eigenvalue weighted by Gasteiger charge is -2.50. The Bertz CT molecular complexity index is 1890. The van der Waals surface area contributed by atoms with Gasteiger partial charge in [-0.15, -0.1) is 0 Å². The fraction of sp³-hybridized carbons (Fsp3) is 0.548. The number of nitrogens with two attached hydrogens (primary N) is 1. The minimum Gasteiger partial charge on any atom is -0.504 e. The molecule has 2 aromatic carbocycles. The average Bonchev–Trinajstić information content (AvgIpc) is 3.20. The van der Waals surface area contributed by atoms with Gasteiger partial charge in [-0.25, -0.2) is 0 Å². The maximum Gasteiger partial charge on any atom is 0.302 e. The summed E-state index contributed by atoms with van der Waals surface area (Å²) in [6.45, 7) is 2.42. The number of carbonyl (C=O) groups excluding carboxylic acids is 1. The number of rotatable bonds is 9. The first-order valence-corrected chi connectivity index (χ1v) is 22.2. The Morgan fingerprint density at radius 2 is 1.96 bits per heavy atom. The highest BCUT2D eigenvalue weighted by Gasteiger charge is 2.51. The number of ether oxygens (including phenoxy) is 4. The maximum absolute atomic E-state index is 12.6. The molecule has 3 heterocycles. The van der Waals surface area contributed by atoms with E-state index in [-0.39, 0.29) is 70.1 Å². The molecule has 0 spiro atoms. The Labute approximate surface area is 342 Å². The van der Waals surface area contributed by atoms with Crippen molar-refractivity contribution < 1.29 is 39.1 Å². The molecule has 15 heteroatoms. The number of hydrogen-bond donors (Lipinski definition) is 6. The zero-order valence-corrected chi connectivity index (χ0v) is 34.4. The van der Waals surface area contributed by atoms with E-state index in [1.807, 2.05) is 52.9 Å². The van der Waals surface area contributed by atoms with Crippen molar-refractivity contribution in [1.82, 2.24) is 15.6 Å². The van der Waals surface area contributed by atoms with Crippen LogP contribution >= 0.6 is 21.6 Å². The smallest absolute Gasteiger partial charge is 0.302 e. The van der Waals surface area contributed by atoms with Crippen LogP contribution in [0.15, 0.2) is 59.9 Å². The quantitative estimate of drug-likeness (QED) is 0.0500. The lowest BCUT2D eigenvalue weighted by Crippen LogP contribution is -2.62. The Kier molecular flexibility index (Phi) is 13.2. The van der Waals surface area contributed by atoms with Crippen LogP contribution in [-0.2, 0) is 27.1 Å². The molecule has 3 fully saturated rings. The van der Waals surface area contributed by atoms with Gasteiger partial charge in [0.1, 0.15) is 12.2 Å². The van der Waals surface area contributed by atoms with Crippen molar-refractivity contribution in [3.63, 3.8) is 0 Å². The third kappa shape index (κ3) is 9.48. The van der Waals surface area contributed by atoms with Gasteiger partial charge < -0.3 is 50.6 Å².